The number of likely N-dealkylation sites (tertiary alicyclic amines) is 1. The van der Waals surface area contributed by atoms with E-state index in [2.05, 4.69) is 6.07 Å². The fourth-order valence-corrected chi connectivity index (χ4v) is 5.07. The molecule has 3 rings (SSSR count). The average Bonchev–Trinajstić information content (AvgIpc) is 2.76. The van der Waals surface area contributed by atoms with Crippen molar-refractivity contribution in [2.75, 3.05) is 0 Å². The number of carbonyl (C=O) groups is 2. The first-order valence-electron chi connectivity index (χ1n) is 10.8. The lowest BCUT2D eigenvalue weighted by atomic mass is 9.74. The zero-order valence-electron chi connectivity index (χ0n) is 17.9. The standard InChI is InChI=1S/C25H26Cl2N2O3/c1-2-21(7-4-12-28)29-24(16-8-10-19(26)11-9-16)22(17-5-3-6-20(27)13-17)14-18(25(29)32)15-23(30)31/h3,5-6,8-11,13,18,21-22,24H,2,4,7,14-15H2,1H3,(H,30,31)/t18-,21?,22-,24-/m1/s1. The number of piperidine rings is 1. The minimum Gasteiger partial charge on any atom is -0.481 e. The maximum Gasteiger partial charge on any atom is 0.304 e. The van der Waals surface area contributed by atoms with Crippen LogP contribution in [0.1, 0.15) is 62.1 Å². The van der Waals surface area contributed by atoms with Crippen LogP contribution in [0.5, 0.6) is 0 Å². The highest BCUT2D eigenvalue weighted by Crippen LogP contribution is 2.48. The first-order valence-corrected chi connectivity index (χ1v) is 11.5. The van der Waals surface area contributed by atoms with E-state index in [0.29, 0.717) is 35.7 Å². The Kier molecular flexibility index (Phi) is 8.17. The minimum absolute atomic E-state index is 0.145. The third kappa shape index (κ3) is 5.43. The highest BCUT2D eigenvalue weighted by atomic mass is 35.5. The van der Waals surface area contributed by atoms with Crippen LogP contribution in [0.25, 0.3) is 0 Å². The van der Waals surface area contributed by atoms with E-state index in [1.54, 1.807) is 18.2 Å². The first-order chi connectivity index (χ1) is 15.3. The highest BCUT2D eigenvalue weighted by molar-refractivity contribution is 6.30. The fourth-order valence-electron chi connectivity index (χ4n) is 4.75. The lowest BCUT2D eigenvalue weighted by Crippen LogP contribution is -2.52. The van der Waals surface area contributed by atoms with E-state index in [-0.39, 0.29) is 30.3 Å². The number of hydrogen-bond acceptors (Lipinski definition) is 3. The fraction of sp³-hybridized carbons (Fsp3) is 0.400. The molecule has 1 saturated heterocycles. The van der Waals surface area contributed by atoms with Gasteiger partial charge in [-0.1, -0.05) is 54.4 Å². The van der Waals surface area contributed by atoms with E-state index in [1.165, 1.54) is 0 Å². The number of carboxylic acid groups (broad SMARTS) is 1. The van der Waals surface area contributed by atoms with Gasteiger partial charge in [0.2, 0.25) is 5.91 Å². The molecule has 1 aliphatic rings. The van der Waals surface area contributed by atoms with Crippen molar-refractivity contribution in [3.8, 4) is 6.07 Å². The molecule has 5 nitrogen and oxygen atoms in total. The summed E-state index contributed by atoms with van der Waals surface area (Å²) in [6.45, 7) is 1.99. The summed E-state index contributed by atoms with van der Waals surface area (Å²) in [5.74, 6) is -1.96. The van der Waals surface area contributed by atoms with Gasteiger partial charge >= 0.3 is 5.97 Å². The summed E-state index contributed by atoms with van der Waals surface area (Å²) in [7, 11) is 0. The predicted octanol–water partition coefficient (Wildman–Crippen LogP) is 6.22. The van der Waals surface area contributed by atoms with Crippen molar-refractivity contribution in [3.05, 3.63) is 69.7 Å². The lowest BCUT2D eigenvalue weighted by molar-refractivity contribution is -0.152. The van der Waals surface area contributed by atoms with Crippen LogP contribution in [-0.4, -0.2) is 27.9 Å². The molecule has 1 heterocycles. The molecule has 1 aliphatic heterocycles. The number of aliphatic carboxylic acids is 1. The van der Waals surface area contributed by atoms with Crippen molar-refractivity contribution in [2.24, 2.45) is 5.92 Å². The number of carbonyl (C=O) groups excluding carboxylic acids is 1. The van der Waals surface area contributed by atoms with Crippen LogP contribution in [0.15, 0.2) is 48.5 Å². The summed E-state index contributed by atoms with van der Waals surface area (Å²) in [6.07, 6.45) is 1.70. The molecule has 2 aromatic carbocycles. The van der Waals surface area contributed by atoms with Gasteiger partial charge in [-0.15, -0.1) is 0 Å². The van der Waals surface area contributed by atoms with E-state index in [0.717, 1.165) is 11.1 Å². The maximum absolute atomic E-state index is 13.6. The lowest BCUT2D eigenvalue weighted by Gasteiger charge is -2.48. The van der Waals surface area contributed by atoms with Gasteiger partial charge in [0.1, 0.15) is 0 Å². The Labute approximate surface area is 198 Å². The Hall–Kier alpha value is -2.55. The van der Waals surface area contributed by atoms with E-state index in [4.69, 9.17) is 28.5 Å². The molecule has 0 saturated carbocycles. The van der Waals surface area contributed by atoms with Crippen LogP contribution in [0.4, 0.5) is 0 Å². The smallest absolute Gasteiger partial charge is 0.304 e. The number of amides is 1. The summed E-state index contributed by atoms with van der Waals surface area (Å²) in [5, 5.41) is 19.8. The molecule has 0 radical (unpaired) electrons. The van der Waals surface area contributed by atoms with E-state index in [9.17, 15) is 14.7 Å². The zero-order valence-corrected chi connectivity index (χ0v) is 19.4. The molecule has 0 aliphatic carbocycles. The molecule has 0 spiro atoms. The second-order valence-electron chi connectivity index (χ2n) is 8.19. The predicted molar refractivity (Wildman–Crippen MR) is 125 cm³/mol. The van der Waals surface area contributed by atoms with Crippen molar-refractivity contribution in [3.63, 3.8) is 0 Å². The van der Waals surface area contributed by atoms with E-state index >= 15 is 0 Å². The monoisotopic (exact) mass is 472 g/mol. The van der Waals surface area contributed by atoms with Crippen LogP contribution < -0.4 is 0 Å². The van der Waals surface area contributed by atoms with Gasteiger partial charge in [0.15, 0.2) is 0 Å². The normalized spacial score (nSPS) is 21.8. The number of nitrogens with zero attached hydrogens (tertiary/aromatic N) is 2. The second-order valence-corrected chi connectivity index (χ2v) is 9.07. The van der Waals surface area contributed by atoms with Crippen molar-refractivity contribution in [1.82, 2.24) is 4.90 Å². The molecule has 7 heteroatoms. The van der Waals surface area contributed by atoms with Gasteiger partial charge in [-0.3, -0.25) is 9.59 Å². The quantitative estimate of drug-likeness (QED) is 0.493. The Morgan fingerprint density at radius 1 is 1.19 bits per heavy atom. The largest absolute Gasteiger partial charge is 0.481 e. The molecule has 1 fully saturated rings. The number of halogens is 2. The Morgan fingerprint density at radius 3 is 2.50 bits per heavy atom. The van der Waals surface area contributed by atoms with Crippen molar-refractivity contribution in [1.29, 1.82) is 5.26 Å². The molecule has 2 aromatic rings. The molecule has 4 atom stereocenters. The molecular formula is C25H26Cl2N2O3. The topological polar surface area (TPSA) is 81.4 Å². The van der Waals surface area contributed by atoms with Gasteiger partial charge in [-0.25, -0.2) is 0 Å². The van der Waals surface area contributed by atoms with Crippen molar-refractivity contribution in [2.45, 2.75) is 57.0 Å². The molecule has 32 heavy (non-hydrogen) atoms. The van der Waals surface area contributed by atoms with E-state index in [1.807, 2.05) is 42.2 Å². The molecule has 1 amide bonds. The Balaban J connectivity index is 2.16. The third-order valence-electron chi connectivity index (χ3n) is 6.19. The van der Waals surface area contributed by atoms with Crippen LogP contribution in [0.3, 0.4) is 0 Å². The van der Waals surface area contributed by atoms with Crippen LogP contribution >= 0.6 is 23.2 Å². The first kappa shape index (κ1) is 24.1. The van der Waals surface area contributed by atoms with Gasteiger partial charge in [0.05, 0.1) is 18.5 Å². The molecule has 0 bridgehead atoms. The van der Waals surface area contributed by atoms with Gasteiger partial charge < -0.3 is 10.0 Å². The molecule has 0 aromatic heterocycles. The Morgan fingerprint density at radius 2 is 1.91 bits per heavy atom. The summed E-state index contributed by atoms with van der Waals surface area (Å²) in [5.41, 5.74) is 1.89. The second kappa shape index (κ2) is 10.8. The zero-order chi connectivity index (χ0) is 23.3. The number of carboxylic acids is 1. The molecule has 1 N–H and O–H groups in total. The molecule has 168 valence electrons. The van der Waals surface area contributed by atoms with Gasteiger partial charge in [-0.2, -0.15) is 5.26 Å². The summed E-state index contributed by atoms with van der Waals surface area (Å²) in [4.78, 5) is 27.1. The van der Waals surface area contributed by atoms with Crippen LogP contribution in [-0.2, 0) is 9.59 Å². The van der Waals surface area contributed by atoms with Crippen molar-refractivity contribution >= 4 is 35.1 Å². The summed E-state index contributed by atoms with van der Waals surface area (Å²) >= 11 is 12.4. The minimum atomic E-state index is -0.997. The van der Waals surface area contributed by atoms with E-state index < -0.39 is 11.9 Å². The number of hydrogen-bond donors (Lipinski definition) is 1. The van der Waals surface area contributed by atoms with Gasteiger partial charge in [-0.05, 0) is 54.7 Å². The van der Waals surface area contributed by atoms with Gasteiger partial charge in [0.25, 0.3) is 0 Å². The summed E-state index contributed by atoms with van der Waals surface area (Å²) < 4.78 is 0. The number of nitriles is 1. The average molecular weight is 473 g/mol. The maximum atomic E-state index is 13.6. The van der Waals surface area contributed by atoms with Gasteiger partial charge in [0, 0.05) is 34.3 Å². The summed E-state index contributed by atoms with van der Waals surface area (Å²) in [6, 6.07) is 16.6. The molecular weight excluding hydrogens is 447 g/mol. The highest BCUT2D eigenvalue weighted by Gasteiger charge is 2.45. The number of benzene rings is 2. The SMILES string of the molecule is CCC(CCC#N)N1C(=O)[C@@H](CC(=O)O)C[C@H](c2cccc(Cl)c2)[C@H]1c1ccc(Cl)cc1. The molecule has 1 unspecified atom stereocenters. The van der Waals surface area contributed by atoms with Crippen LogP contribution in [0, 0.1) is 17.2 Å². The third-order valence-corrected chi connectivity index (χ3v) is 6.67. The number of rotatable bonds is 8. The van der Waals surface area contributed by atoms with Crippen molar-refractivity contribution < 1.29 is 14.7 Å². The van der Waals surface area contributed by atoms with Crippen LogP contribution in [0.2, 0.25) is 10.0 Å². The Bertz CT molecular complexity index is 1000.